The molecule has 0 aliphatic carbocycles. The molecule has 0 spiro atoms. The summed E-state index contributed by atoms with van der Waals surface area (Å²) in [6.07, 6.45) is 1.09. The summed E-state index contributed by atoms with van der Waals surface area (Å²) < 4.78 is 29.0. The van der Waals surface area contributed by atoms with E-state index in [0.717, 1.165) is 16.4 Å². The van der Waals surface area contributed by atoms with Crippen molar-refractivity contribution in [1.82, 2.24) is 19.2 Å². The number of carbonyl (C=O) groups excluding carboxylic acids is 1. The quantitative estimate of drug-likeness (QED) is 0.690. The van der Waals surface area contributed by atoms with Gasteiger partial charge in [-0.3, -0.25) is 4.79 Å². The molecular weight excluding hydrogens is 334 g/mol. The van der Waals surface area contributed by atoms with Crippen LogP contribution >= 0.6 is 0 Å². The Kier molecular flexibility index (Phi) is 5.60. The van der Waals surface area contributed by atoms with Crippen LogP contribution in [0.4, 0.5) is 5.82 Å². The summed E-state index contributed by atoms with van der Waals surface area (Å²) in [7, 11) is -0.400. The minimum absolute atomic E-state index is 0.140. The Morgan fingerprint density at radius 1 is 1.29 bits per heavy atom. The number of nitrogens with zero attached hydrogens (tertiary/aromatic N) is 5. The molecule has 0 radical (unpaired) electrons. The molecule has 0 aromatic carbocycles. The SMILES string of the molecule is COc1cc(N2CCN(C(=O)CN(C)S(C)(=O)=O)CC2)nc(C)n1. The number of amides is 1. The molecule has 0 N–H and O–H groups in total. The normalized spacial score (nSPS) is 15.7. The van der Waals surface area contributed by atoms with Gasteiger partial charge in [-0.05, 0) is 6.92 Å². The summed E-state index contributed by atoms with van der Waals surface area (Å²) in [6.45, 7) is 3.93. The molecule has 1 saturated heterocycles. The second kappa shape index (κ2) is 7.31. The predicted molar refractivity (Wildman–Crippen MR) is 89.6 cm³/mol. The average molecular weight is 357 g/mol. The van der Waals surface area contributed by atoms with Crippen molar-refractivity contribution in [2.75, 3.05) is 58.0 Å². The third-order valence-corrected chi connectivity index (χ3v) is 5.15. The number of piperazine rings is 1. The highest BCUT2D eigenvalue weighted by molar-refractivity contribution is 7.88. The Morgan fingerprint density at radius 2 is 1.92 bits per heavy atom. The Hall–Kier alpha value is -1.94. The lowest BCUT2D eigenvalue weighted by molar-refractivity contribution is -0.131. The molecule has 24 heavy (non-hydrogen) atoms. The van der Waals surface area contributed by atoms with Crippen LogP contribution < -0.4 is 9.64 Å². The number of aryl methyl sites for hydroxylation is 1. The van der Waals surface area contributed by atoms with Crippen LogP contribution in [0.3, 0.4) is 0 Å². The number of sulfonamides is 1. The molecule has 0 atom stereocenters. The van der Waals surface area contributed by atoms with E-state index in [1.165, 1.54) is 7.05 Å². The first kappa shape index (κ1) is 18.4. The first-order valence-electron chi connectivity index (χ1n) is 7.54. The molecule has 2 rings (SSSR count). The van der Waals surface area contributed by atoms with Crippen molar-refractivity contribution in [2.24, 2.45) is 0 Å². The number of aromatic nitrogens is 2. The van der Waals surface area contributed by atoms with E-state index in [1.54, 1.807) is 25.0 Å². The Labute approximate surface area is 142 Å². The molecule has 134 valence electrons. The van der Waals surface area contributed by atoms with E-state index in [-0.39, 0.29) is 12.5 Å². The van der Waals surface area contributed by atoms with Crippen molar-refractivity contribution in [3.05, 3.63) is 11.9 Å². The van der Waals surface area contributed by atoms with E-state index < -0.39 is 10.0 Å². The maximum absolute atomic E-state index is 12.2. The Bertz CT molecular complexity index is 701. The highest BCUT2D eigenvalue weighted by Gasteiger charge is 2.25. The molecule has 0 bridgehead atoms. The molecule has 1 aromatic heterocycles. The van der Waals surface area contributed by atoms with Crippen LogP contribution in [0.1, 0.15) is 5.82 Å². The van der Waals surface area contributed by atoms with Gasteiger partial charge in [0.25, 0.3) is 0 Å². The highest BCUT2D eigenvalue weighted by Crippen LogP contribution is 2.19. The van der Waals surface area contributed by atoms with Crippen LogP contribution in [0.15, 0.2) is 6.07 Å². The van der Waals surface area contributed by atoms with Crippen molar-refractivity contribution in [2.45, 2.75) is 6.92 Å². The van der Waals surface area contributed by atoms with E-state index in [4.69, 9.17) is 4.74 Å². The molecule has 0 unspecified atom stereocenters. The third-order valence-electron chi connectivity index (χ3n) is 3.89. The lowest BCUT2D eigenvalue weighted by Crippen LogP contribution is -2.51. The summed E-state index contributed by atoms with van der Waals surface area (Å²) >= 11 is 0. The lowest BCUT2D eigenvalue weighted by atomic mass is 10.3. The minimum Gasteiger partial charge on any atom is -0.481 e. The molecule has 9 nitrogen and oxygen atoms in total. The van der Waals surface area contributed by atoms with E-state index in [9.17, 15) is 13.2 Å². The summed E-state index contributed by atoms with van der Waals surface area (Å²) in [5, 5.41) is 0. The van der Waals surface area contributed by atoms with Gasteiger partial charge in [0.1, 0.15) is 11.6 Å². The van der Waals surface area contributed by atoms with Crippen LogP contribution in [-0.2, 0) is 14.8 Å². The number of anilines is 1. The van der Waals surface area contributed by atoms with Crippen molar-refractivity contribution in [3.8, 4) is 5.88 Å². The zero-order valence-corrected chi connectivity index (χ0v) is 15.2. The van der Waals surface area contributed by atoms with E-state index >= 15 is 0 Å². The van der Waals surface area contributed by atoms with Crippen molar-refractivity contribution in [3.63, 3.8) is 0 Å². The zero-order chi connectivity index (χ0) is 17.9. The number of likely N-dealkylation sites (N-methyl/N-ethyl adjacent to an activating group) is 1. The van der Waals surface area contributed by atoms with Gasteiger partial charge in [0.05, 0.1) is 19.9 Å². The van der Waals surface area contributed by atoms with Crippen LogP contribution in [0.5, 0.6) is 5.88 Å². The molecule has 1 fully saturated rings. The molecule has 1 aliphatic rings. The van der Waals surface area contributed by atoms with Gasteiger partial charge in [-0.2, -0.15) is 9.29 Å². The fraction of sp³-hybridized carbons (Fsp3) is 0.643. The molecule has 1 aliphatic heterocycles. The fourth-order valence-corrected chi connectivity index (χ4v) is 2.73. The summed E-state index contributed by atoms with van der Waals surface area (Å²) in [5.74, 6) is 1.70. The number of rotatable bonds is 5. The summed E-state index contributed by atoms with van der Waals surface area (Å²) in [6, 6.07) is 1.77. The summed E-state index contributed by atoms with van der Waals surface area (Å²) in [4.78, 5) is 24.5. The van der Waals surface area contributed by atoms with Gasteiger partial charge in [0.2, 0.25) is 21.8 Å². The molecule has 10 heteroatoms. The molecule has 2 heterocycles. The number of ether oxygens (including phenoxy) is 1. The van der Waals surface area contributed by atoms with Gasteiger partial charge in [-0.1, -0.05) is 0 Å². The molecule has 1 aromatic rings. The van der Waals surface area contributed by atoms with Crippen LogP contribution in [0.2, 0.25) is 0 Å². The number of hydrogen-bond acceptors (Lipinski definition) is 7. The zero-order valence-electron chi connectivity index (χ0n) is 14.4. The number of hydrogen-bond donors (Lipinski definition) is 0. The number of methoxy groups -OCH3 is 1. The lowest BCUT2D eigenvalue weighted by Gasteiger charge is -2.36. The van der Waals surface area contributed by atoms with Gasteiger partial charge in [-0.25, -0.2) is 13.4 Å². The predicted octanol–water partition coefficient (Wildman–Crippen LogP) is -0.666. The van der Waals surface area contributed by atoms with Gasteiger partial charge in [0, 0.05) is 39.3 Å². The topological polar surface area (TPSA) is 95.9 Å². The van der Waals surface area contributed by atoms with Crippen LogP contribution in [0, 0.1) is 6.92 Å². The van der Waals surface area contributed by atoms with E-state index in [1.807, 2.05) is 0 Å². The highest BCUT2D eigenvalue weighted by atomic mass is 32.2. The largest absolute Gasteiger partial charge is 0.481 e. The third kappa shape index (κ3) is 4.54. The Balaban J connectivity index is 1.96. The van der Waals surface area contributed by atoms with Crippen molar-refractivity contribution < 1.29 is 17.9 Å². The molecule has 1 amide bonds. The minimum atomic E-state index is -3.36. The van der Waals surface area contributed by atoms with Crippen LogP contribution in [0.25, 0.3) is 0 Å². The fourth-order valence-electron chi connectivity index (χ4n) is 2.38. The maximum Gasteiger partial charge on any atom is 0.238 e. The second-order valence-corrected chi connectivity index (χ2v) is 7.79. The van der Waals surface area contributed by atoms with Gasteiger partial charge in [0.15, 0.2) is 0 Å². The van der Waals surface area contributed by atoms with Gasteiger partial charge < -0.3 is 14.5 Å². The van der Waals surface area contributed by atoms with Gasteiger partial charge in [-0.15, -0.1) is 0 Å². The van der Waals surface area contributed by atoms with E-state index in [0.29, 0.717) is 37.9 Å². The van der Waals surface area contributed by atoms with Crippen LogP contribution in [-0.4, -0.2) is 86.6 Å². The van der Waals surface area contributed by atoms with Crippen molar-refractivity contribution >= 4 is 21.7 Å². The molecular formula is C14H23N5O4S. The first-order valence-corrected chi connectivity index (χ1v) is 9.39. The summed E-state index contributed by atoms with van der Waals surface area (Å²) in [5.41, 5.74) is 0. The average Bonchev–Trinajstić information content (AvgIpc) is 2.53. The standard InChI is InChI=1S/C14H23N5O4S/c1-11-15-12(9-13(16-11)23-3)18-5-7-19(8-6-18)14(20)10-17(2)24(4,21)22/h9H,5-8,10H2,1-4H3. The van der Waals surface area contributed by atoms with Crippen molar-refractivity contribution in [1.29, 1.82) is 0 Å². The van der Waals surface area contributed by atoms with E-state index in [2.05, 4.69) is 14.9 Å². The smallest absolute Gasteiger partial charge is 0.238 e. The molecule has 0 saturated carbocycles. The first-order chi connectivity index (χ1) is 11.2. The monoisotopic (exact) mass is 357 g/mol. The van der Waals surface area contributed by atoms with Gasteiger partial charge >= 0.3 is 0 Å². The maximum atomic E-state index is 12.2. The number of carbonyl (C=O) groups is 1. The Morgan fingerprint density at radius 3 is 2.46 bits per heavy atom. The second-order valence-electron chi connectivity index (χ2n) is 5.70.